The summed E-state index contributed by atoms with van der Waals surface area (Å²) in [6.07, 6.45) is 0.694. The minimum Gasteiger partial charge on any atom is -0.380 e. The van der Waals surface area contributed by atoms with Crippen LogP contribution in [0, 0.1) is 11.6 Å². The highest BCUT2D eigenvalue weighted by atomic mass is 19.1. The maximum Gasteiger partial charge on any atom is 0.252 e. The summed E-state index contributed by atoms with van der Waals surface area (Å²) in [5.41, 5.74) is -1.08. The lowest BCUT2D eigenvalue weighted by Gasteiger charge is -2.36. The summed E-state index contributed by atoms with van der Waals surface area (Å²) >= 11 is 0. The second kappa shape index (κ2) is 6.07. The summed E-state index contributed by atoms with van der Waals surface area (Å²) in [5.74, 6) is -1.87. The summed E-state index contributed by atoms with van der Waals surface area (Å²) in [6, 6.07) is 2.55. The Balaban J connectivity index is 2.05. The van der Waals surface area contributed by atoms with Gasteiger partial charge in [-0.2, -0.15) is 0 Å². The van der Waals surface area contributed by atoms with Crippen molar-refractivity contribution in [2.75, 3.05) is 20.1 Å². The van der Waals surface area contributed by atoms with E-state index in [1.54, 1.807) is 6.92 Å². The number of halogens is 2. The Labute approximate surface area is 122 Å². The van der Waals surface area contributed by atoms with E-state index in [0.717, 1.165) is 6.07 Å². The van der Waals surface area contributed by atoms with Gasteiger partial charge in [-0.3, -0.25) is 4.79 Å². The van der Waals surface area contributed by atoms with Crippen LogP contribution in [-0.4, -0.2) is 41.7 Å². The molecule has 0 spiro atoms. The van der Waals surface area contributed by atoms with Gasteiger partial charge in [0.05, 0.1) is 6.04 Å². The third-order valence-corrected chi connectivity index (χ3v) is 3.97. The highest BCUT2D eigenvalue weighted by molar-refractivity contribution is 5.85. The standard InChI is InChI=1S/C15H20F2N2O2/c1-10(11-7-12(16)9-13(17)8-11)18-14(20)15(21)3-5-19(2)6-4-15/h7-10,21H,3-6H2,1-2H3,(H,18,20). The van der Waals surface area contributed by atoms with E-state index in [4.69, 9.17) is 0 Å². The molecular weight excluding hydrogens is 278 g/mol. The van der Waals surface area contributed by atoms with Crippen molar-refractivity contribution in [2.24, 2.45) is 0 Å². The number of piperidine rings is 1. The normalized spacial score (nSPS) is 20.0. The predicted molar refractivity (Wildman–Crippen MR) is 74.6 cm³/mol. The van der Waals surface area contributed by atoms with Crippen LogP contribution in [-0.2, 0) is 4.79 Å². The van der Waals surface area contributed by atoms with Crippen LogP contribution in [0.25, 0.3) is 0 Å². The highest BCUT2D eigenvalue weighted by Crippen LogP contribution is 2.23. The number of aliphatic hydroxyl groups is 1. The van der Waals surface area contributed by atoms with Crippen molar-refractivity contribution in [2.45, 2.75) is 31.4 Å². The SMILES string of the molecule is CC(NC(=O)C1(O)CCN(C)CC1)c1cc(F)cc(F)c1. The molecule has 0 aromatic heterocycles. The Morgan fingerprint density at radius 3 is 2.33 bits per heavy atom. The van der Waals surface area contributed by atoms with E-state index in [-0.39, 0.29) is 0 Å². The van der Waals surface area contributed by atoms with Crippen LogP contribution in [0.2, 0.25) is 0 Å². The molecule has 1 aliphatic rings. The number of likely N-dealkylation sites (tertiary alicyclic amines) is 1. The van der Waals surface area contributed by atoms with E-state index in [1.165, 1.54) is 12.1 Å². The molecule has 21 heavy (non-hydrogen) atoms. The first-order valence-corrected chi connectivity index (χ1v) is 6.98. The van der Waals surface area contributed by atoms with E-state index in [1.807, 2.05) is 11.9 Å². The van der Waals surface area contributed by atoms with Crippen LogP contribution in [0.1, 0.15) is 31.4 Å². The fraction of sp³-hybridized carbons (Fsp3) is 0.533. The molecule has 1 aliphatic heterocycles. The largest absolute Gasteiger partial charge is 0.380 e. The van der Waals surface area contributed by atoms with E-state index < -0.39 is 29.2 Å². The van der Waals surface area contributed by atoms with E-state index in [2.05, 4.69) is 5.32 Å². The molecule has 1 aromatic carbocycles. The highest BCUT2D eigenvalue weighted by Gasteiger charge is 2.39. The van der Waals surface area contributed by atoms with Gasteiger partial charge in [0.2, 0.25) is 0 Å². The molecule has 1 fully saturated rings. The van der Waals surface area contributed by atoms with Crippen LogP contribution in [0.5, 0.6) is 0 Å². The van der Waals surface area contributed by atoms with Gasteiger partial charge in [0.15, 0.2) is 0 Å². The summed E-state index contributed by atoms with van der Waals surface area (Å²) in [5, 5.41) is 13.0. The Bertz CT molecular complexity index is 508. The maximum absolute atomic E-state index is 13.2. The van der Waals surface area contributed by atoms with Crippen molar-refractivity contribution in [3.8, 4) is 0 Å². The molecule has 1 amide bonds. The molecule has 1 saturated heterocycles. The molecule has 0 saturated carbocycles. The quantitative estimate of drug-likeness (QED) is 0.891. The van der Waals surface area contributed by atoms with Gasteiger partial charge in [-0.05, 0) is 44.5 Å². The van der Waals surface area contributed by atoms with Gasteiger partial charge in [0, 0.05) is 19.2 Å². The molecule has 2 rings (SSSR count). The number of rotatable bonds is 3. The summed E-state index contributed by atoms with van der Waals surface area (Å²) in [4.78, 5) is 14.2. The minimum absolute atomic E-state index is 0.331. The summed E-state index contributed by atoms with van der Waals surface area (Å²) in [7, 11) is 1.93. The van der Waals surface area contributed by atoms with Crippen LogP contribution >= 0.6 is 0 Å². The minimum atomic E-state index is -1.41. The van der Waals surface area contributed by atoms with E-state index in [0.29, 0.717) is 31.5 Å². The van der Waals surface area contributed by atoms with Crippen LogP contribution < -0.4 is 5.32 Å². The number of hydrogen-bond donors (Lipinski definition) is 2. The molecular formula is C15H20F2N2O2. The first-order chi connectivity index (χ1) is 9.80. The number of benzene rings is 1. The molecule has 1 aromatic rings. The zero-order valence-electron chi connectivity index (χ0n) is 12.2. The number of carbonyl (C=O) groups is 1. The monoisotopic (exact) mass is 298 g/mol. The Morgan fingerprint density at radius 2 is 1.81 bits per heavy atom. The number of nitrogens with zero attached hydrogens (tertiary/aromatic N) is 1. The Kier molecular flexibility index (Phi) is 4.58. The van der Waals surface area contributed by atoms with Crippen LogP contribution in [0.4, 0.5) is 8.78 Å². The lowest BCUT2D eigenvalue weighted by molar-refractivity contribution is -0.145. The van der Waals surface area contributed by atoms with Gasteiger partial charge in [-0.25, -0.2) is 8.78 Å². The summed E-state index contributed by atoms with van der Waals surface area (Å²) < 4.78 is 26.4. The predicted octanol–water partition coefficient (Wildman–Crippen LogP) is 1.60. The van der Waals surface area contributed by atoms with Crippen LogP contribution in [0.3, 0.4) is 0 Å². The molecule has 0 aliphatic carbocycles. The first kappa shape index (κ1) is 15.9. The molecule has 0 bridgehead atoms. The fourth-order valence-corrected chi connectivity index (χ4v) is 2.45. The zero-order chi connectivity index (χ0) is 15.6. The number of amides is 1. The van der Waals surface area contributed by atoms with Crippen molar-refractivity contribution >= 4 is 5.91 Å². The molecule has 1 heterocycles. The molecule has 6 heteroatoms. The van der Waals surface area contributed by atoms with Crippen molar-refractivity contribution in [1.82, 2.24) is 10.2 Å². The van der Waals surface area contributed by atoms with Gasteiger partial charge >= 0.3 is 0 Å². The van der Waals surface area contributed by atoms with E-state index >= 15 is 0 Å². The Morgan fingerprint density at radius 1 is 1.29 bits per heavy atom. The maximum atomic E-state index is 13.2. The number of carbonyl (C=O) groups excluding carboxylic acids is 1. The lowest BCUT2D eigenvalue weighted by Crippen LogP contribution is -2.53. The molecule has 1 unspecified atom stereocenters. The second-order valence-corrected chi connectivity index (χ2v) is 5.73. The number of hydrogen-bond acceptors (Lipinski definition) is 3. The first-order valence-electron chi connectivity index (χ1n) is 6.98. The molecule has 1 atom stereocenters. The average Bonchev–Trinajstić information content (AvgIpc) is 2.41. The molecule has 0 radical (unpaired) electrons. The van der Waals surface area contributed by atoms with Gasteiger partial charge < -0.3 is 15.3 Å². The summed E-state index contributed by atoms with van der Waals surface area (Å²) in [6.45, 7) is 2.89. The molecule has 2 N–H and O–H groups in total. The van der Waals surface area contributed by atoms with Crippen molar-refractivity contribution < 1.29 is 18.7 Å². The Hall–Kier alpha value is -1.53. The second-order valence-electron chi connectivity index (χ2n) is 5.73. The fourth-order valence-electron chi connectivity index (χ4n) is 2.45. The molecule has 116 valence electrons. The van der Waals surface area contributed by atoms with Gasteiger partial charge in [-0.15, -0.1) is 0 Å². The third kappa shape index (κ3) is 3.77. The topological polar surface area (TPSA) is 52.6 Å². The van der Waals surface area contributed by atoms with Crippen molar-refractivity contribution in [1.29, 1.82) is 0 Å². The molecule has 4 nitrogen and oxygen atoms in total. The zero-order valence-corrected chi connectivity index (χ0v) is 12.2. The van der Waals surface area contributed by atoms with Crippen molar-refractivity contribution in [3.05, 3.63) is 35.4 Å². The van der Waals surface area contributed by atoms with Crippen molar-refractivity contribution in [3.63, 3.8) is 0 Å². The number of nitrogens with one attached hydrogen (secondary N) is 1. The van der Waals surface area contributed by atoms with Gasteiger partial charge in [0.1, 0.15) is 17.2 Å². The van der Waals surface area contributed by atoms with Crippen LogP contribution in [0.15, 0.2) is 18.2 Å². The average molecular weight is 298 g/mol. The lowest BCUT2D eigenvalue weighted by atomic mass is 9.90. The third-order valence-electron chi connectivity index (χ3n) is 3.97. The van der Waals surface area contributed by atoms with Gasteiger partial charge in [0.25, 0.3) is 5.91 Å². The van der Waals surface area contributed by atoms with E-state index in [9.17, 15) is 18.7 Å². The smallest absolute Gasteiger partial charge is 0.252 e. The van der Waals surface area contributed by atoms with Gasteiger partial charge in [-0.1, -0.05) is 0 Å².